The normalized spacial score (nSPS) is 23.6. The van der Waals surface area contributed by atoms with Crippen LogP contribution in [0.4, 0.5) is 0 Å². The van der Waals surface area contributed by atoms with Gasteiger partial charge in [-0.25, -0.2) is 0 Å². The van der Waals surface area contributed by atoms with Gasteiger partial charge < -0.3 is 16.2 Å². The van der Waals surface area contributed by atoms with Crippen LogP contribution in [0, 0.1) is 5.92 Å². The second-order valence-corrected chi connectivity index (χ2v) is 4.05. The Morgan fingerprint density at radius 3 is 2.94 bits per heavy atom. The van der Waals surface area contributed by atoms with Gasteiger partial charge in [-0.3, -0.25) is 9.78 Å². The zero-order chi connectivity index (χ0) is 11.5. The lowest BCUT2D eigenvalue weighted by Gasteiger charge is -2.34. The van der Waals surface area contributed by atoms with Crippen LogP contribution in [0.1, 0.15) is 23.3 Å². The molecular weight excluding hydrogens is 206 g/mol. The van der Waals surface area contributed by atoms with Crippen molar-refractivity contribution in [3.05, 3.63) is 24.0 Å². The van der Waals surface area contributed by atoms with E-state index >= 15 is 0 Å². The number of ether oxygens (including phenoxy) is 1. The van der Waals surface area contributed by atoms with Gasteiger partial charge in [0, 0.05) is 12.3 Å². The summed E-state index contributed by atoms with van der Waals surface area (Å²) in [6.07, 6.45) is 3.68. The quantitative estimate of drug-likeness (QED) is 0.764. The summed E-state index contributed by atoms with van der Waals surface area (Å²) in [5, 5.41) is 0. The molecule has 5 nitrogen and oxygen atoms in total. The lowest BCUT2D eigenvalue weighted by molar-refractivity contribution is 0.0687. The minimum absolute atomic E-state index is 0.205. The highest BCUT2D eigenvalue weighted by Crippen LogP contribution is 2.30. The first-order valence-corrected chi connectivity index (χ1v) is 5.31. The molecule has 1 heterocycles. The summed E-state index contributed by atoms with van der Waals surface area (Å²) in [5.74, 6) is 0.672. The minimum Gasteiger partial charge on any atom is -0.490 e. The zero-order valence-electron chi connectivity index (χ0n) is 8.93. The molecule has 0 saturated heterocycles. The first-order valence-electron chi connectivity index (χ1n) is 5.31. The van der Waals surface area contributed by atoms with Gasteiger partial charge in [0.15, 0.2) is 0 Å². The van der Waals surface area contributed by atoms with E-state index in [0.29, 0.717) is 18.2 Å². The van der Waals surface area contributed by atoms with Gasteiger partial charge in [-0.2, -0.15) is 0 Å². The monoisotopic (exact) mass is 221 g/mol. The van der Waals surface area contributed by atoms with Crippen LogP contribution in [0.25, 0.3) is 0 Å². The number of hydrogen-bond acceptors (Lipinski definition) is 4. The second-order valence-electron chi connectivity index (χ2n) is 4.05. The number of nitrogens with two attached hydrogens (primary N) is 2. The molecule has 0 aliphatic heterocycles. The highest BCUT2D eigenvalue weighted by molar-refractivity contribution is 5.91. The number of pyridine rings is 1. The number of amides is 1. The number of rotatable bonds is 4. The molecule has 0 aromatic carbocycles. The molecule has 5 heteroatoms. The number of carbonyl (C=O) groups is 1. The van der Waals surface area contributed by atoms with Crippen LogP contribution in [0.3, 0.4) is 0 Å². The van der Waals surface area contributed by atoms with Gasteiger partial charge in [0.1, 0.15) is 11.4 Å². The van der Waals surface area contributed by atoms with Crippen molar-refractivity contribution in [3.8, 4) is 5.75 Å². The molecule has 0 bridgehead atoms. The summed E-state index contributed by atoms with van der Waals surface area (Å²) in [5.41, 5.74) is 10.9. The maximum absolute atomic E-state index is 10.9. The molecule has 1 saturated carbocycles. The third-order valence-corrected chi connectivity index (χ3v) is 2.81. The summed E-state index contributed by atoms with van der Waals surface area (Å²) < 4.78 is 5.67. The Kier molecular flexibility index (Phi) is 3.05. The smallest absolute Gasteiger partial charge is 0.267 e. The van der Waals surface area contributed by atoms with Gasteiger partial charge >= 0.3 is 0 Å². The number of aromatic nitrogens is 1. The molecule has 16 heavy (non-hydrogen) atoms. The van der Waals surface area contributed by atoms with Crippen molar-refractivity contribution < 1.29 is 9.53 Å². The van der Waals surface area contributed by atoms with Gasteiger partial charge in [-0.15, -0.1) is 0 Å². The average molecular weight is 221 g/mol. The Labute approximate surface area is 93.8 Å². The lowest BCUT2D eigenvalue weighted by Crippen LogP contribution is -2.37. The van der Waals surface area contributed by atoms with E-state index in [1.54, 1.807) is 12.1 Å². The van der Waals surface area contributed by atoms with Crippen LogP contribution in [0.15, 0.2) is 18.3 Å². The molecule has 1 aliphatic carbocycles. The van der Waals surface area contributed by atoms with Crippen molar-refractivity contribution in [1.29, 1.82) is 0 Å². The molecule has 0 unspecified atom stereocenters. The molecule has 1 amide bonds. The topological polar surface area (TPSA) is 91.2 Å². The van der Waals surface area contributed by atoms with Gasteiger partial charge in [0.2, 0.25) is 0 Å². The van der Waals surface area contributed by atoms with Crippen molar-refractivity contribution in [2.75, 3.05) is 6.54 Å². The molecule has 0 spiro atoms. The average Bonchev–Trinajstić information content (AvgIpc) is 2.23. The molecular formula is C11H15N3O2. The molecule has 86 valence electrons. The predicted molar refractivity (Wildman–Crippen MR) is 58.9 cm³/mol. The van der Waals surface area contributed by atoms with Crippen LogP contribution in [-0.4, -0.2) is 23.5 Å². The van der Waals surface area contributed by atoms with Crippen LogP contribution in [0.5, 0.6) is 5.75 Å². The molecule has 1 aliphatic rings. The Morgan fingerprint density at radius 2 is 2.31 bits per heavy atom. The number of nitrogens with zero attached hydrogens (tertiary/aromatic N) is 1. The minimum atomic E-state index is -0.543. The van der Waals surface area contributed by atoms with Gasteiger partial charge in [-0.1, -0.05) is 0 Å². The first kappa shape index (κ1) is 10.9. The largest absolute Gasteiger partial charge is 0.490 e. The van der Waals surface area contributed by atoms with E-state index in [1.165, 1.54) is 6.20 Å². The first-order chi connectivity index (χ1) is 7.69. The molecule has 1 aromatic heterocycles. The highest BCUT2D eigenvalue weighted by atomic mass is 16.5. The molecule has 2 rings (SSSR count). The van der Waals surface area contributed by atoms with E-state index in [4.69, 9.17) is 16.2 Å². The van der Waals surface area contributed by atoms with Crippen molar-refractivity contribution in [2.45, 2.75) is 18.9 Å². The van der Waals surface area contributed by atoms with Crippen LogP contribution >= 0.6 is 0 Å². The lowest BCUT2D eigenvalue weighted by atomic mass is 9.82. The highest BCUT2D eigenvalue weighted by Gasteiger charge is 2.29. The second kappa shape index (κ2) is 4.49. The van der Waals surface area contributed by atoms with Gasteiger partial charge in [0.05, 0.1) is 6.10 Å². The molecule has 0 atom stereocenters. The molecule has 4 N–H and O–H groups in total. The molecule has 1 fully saturated rings. The van der Waals surface area contributed by atoms with E-state index in [2.05, 4.69) is 4.98 Å². The summed E-state index contributed by atoms with van der Waals surface area (Å²) in [6, 6.07) is 3.29. The van der Waals surface area contributed by atoms with Crippen LogP contribution in [0.2, 0.25) is 0 Å². The van der Waals surface area contributed by atoms with Crippen molar-refractivity contribution in [1.82, 2.24) is 4.98 Å². The SMILES string of the molecule is NCC1CC(Oc2ccnc(C(N)=O)c2)C1. The van der Waals surface area contributed by atoms with E-state index in [-0.39, 0.29) is 11.8 Å². The Hall–Kier alpha value is -1.62. The summed E-state index contributed by atoms with van der Waals surface area (Å²) in [6.45, 7) is 0.711. The number of primary amides is 1. The van der Waals surface area contributed by atoms with Crippen molar-refractivity contribution in [3.63, 3.8) is 0 Å². The fourth-order valence-corrected chi connectivity index (χ4v) is 1.77. The van der Waals surface area contributed by atoms with Gasteiger partial charge in [-0.05, 0) is 31.4 Å². The zero-order valence-corrected chi connectivity index (χ0v) is 8.93. The Morgan fingerprint density at radius 1 is 1.56 bits per heavy atom. The summed E-state index contributed by atoms with van der Waals surface area (Å²) in [7, 11) is 0. The Bertz CT molecular complexity index is 389. The van der Waals surface area contributed by atoms with E-state index in [9.17, 15) is 4.79 Å². The summed E-state index contributed by atoms with van der Waals surface area (Å²) in [4.78, 5) is 14.8. The maximum Gasteiger partial charge on any atom is 0.267 e. The summed E-state index contributed by atoms with van der Waals surface area (Å²) >= 11 is 0. The standard InChI is InChI=1S/C11H15N3O2/c12-6-7-3-9(4-7)16-8-1-2-14-10(5-8)11(13)15/h1-2,5,7,9H,3-4,6,12H2,(H2,13,15). The van der Waals surface area contributed by atoms with Crippen molar-refractivity contribution in [2.24, 2.45) is 17.4 Å². The Balaban J connectivity index is 1.95. The maximum atomic E-state index is 10.9. The van der Waals surface area contributed by atoms with Crippen LogP contribution < -0.4 is 16.2 Å². The third-order valence-electron chi connectivity index (χ3n) is 2.81. The fourth-order valence-electron chi connectivity index (χ4n) is 1.77. The van der Waals surface area contributed by atoms with Gasteiger partial charge in [0.25, 0.3) is 5.91 Å². The number of hydrogen-bond donors (Lipinski definition) is 2. The molecule has 0 radical (unpaired) electrons. The number of carbonyl (C=O) groups excluding carboxylic acids is 1. The third kappa shape index (κ3) is 2.30. The van der Waals surface area contributed by atoms with E-state index in [1.807, 2.05) is 0 Å². The van der Waals surface area contributed by atoms with Crippen molar-refractivity contribution >= 4 is 5.91 Å². The van der Waals surface area contributed by atoms with E-state index < -0.39 is 5.91 Å². The van der Waals surface area contributed by atoms with Crippen LogP contribution in [-0.2, 0) is 0 Å². The predicted octanol–water partition coefficient (Wildman–Crippen LogP) is 0.297. The van der Waals surface area contributed by atoms with E-state index in [0.717, 1.165) is 12.8 Å². The molecule has 1 aromatic rings. The fraction of sp³-hybridized carbons (Fsp3) is 0.455.